The van der Waals surface area contributed by atoms with E-state index in [2.05, 4.69) is 10.4 Å². The van der Waals surface area contributed by atoms with Gasteiger partial charge >= 0.3 is 0 Å². The van der Waals surface area contributed by atoms with Crippen molar-refractivity contribution in [2.45, 2.75) is 45.7 Å². The van der Waals surface area contributed by atoms with Crippen LogP contribution in [-0.2, 0) is 17.8 Å². The molecule has 1 saturated carbocycles. The number of primary amides is 1. The molecule has 1 aliphatic rings. The van der Waals surface area contributed by atoms with E-state index in [0.717, 1.165) is 17.4 Å². The second-order valence-electron chi connectivity index (χ2n) is 6.80. The van der Waals surface area contributed by atoms with Gasteiger partial charge in [0, 0.05) is 18.7 Å². The highest BCUT2D eigenvalue weighted by Crippen LogP contribution is 2.23. The van der Waals surface area contributed by atoms with Gasteiger partial charge in [-0.3, -0.25) is 19.0 Å². The Kier molecular flexibility index (Phi) is 4.23. The average molecular weight is 347 g/mol. The van der Waals surface area contributed by atoms with E-state index in [4.69, 9.17) is 5.73 Å². The number of nitrogens with one attached hydrogen (secondary N) is 1. The summed E-state index contributed by atoms with van der Waals surface area (Å²) in [4.78, 5) is 36.2. The normalized spacial score (nSPS) is 14.2. The Balaban J connectivity index is 2.19. The number of carbonyl (C=O) groups is 2. The van der Waals surface area contributed by atoms with Gasteiger partial charge < -0.3 is 16.2 Å². The lowest BCUT2D eigenvalue weighted by Gasteiger charge is -2.16. The minimum Gasteiger partial charge on any atom is -0.494 e. The van der Waals surface area contributed by atoms with Crippen molar-refractivity contribution >= 4 is 17.5 Å². The van der Waals surface area contributed by atoms with Crippen molar-refractivity contribution in [1.29, 1.82) is 0 Å². The first kappa shape index (κ1) is 17.0. The molecule has 134 valence electrons. The van der Waals surface area contributed by atoms with Gasteiger partial charge in [0.2, 0.25) is 11.8 Å². The zero-order chi connectivity index (χ0) is 18.3. The number of hydrogen-bond donors (Lipinski definition) is 3. The summed E-state index contributed by atoms with van der Waals surface area (Å²) in [6.45, 7) is 4.26. The number of amides is 2. The van der Waals surface area contributed by atoms with Gasteiger partial charge in [0.15, 0.2) is 5.56 Å². The third-order valence-electron chi connectivity index (χ3n) is 3.95. The van der Waals surface area contributed by atoms with Crippen molar-refractivity contribution in [3.8, 4) is 5.88 Å². The lowest BCUT2D eigenvalue weighted by atomic mass is 10.2. The van der Waals surface area contributed by atoms with Gasteiger partial charge in [0.25, 0.3) is 11.5 Å². The summed E-state index contributed by atoms with van der Waals surface area (Å²) < 4.78 is 2.51. The fourth-order valence-electron chi connectivity index (χ4n) is 2.70. The van der Waals surface area contributed by atoms with Crippen molar-refractivity contribution in [2.24, 2.45) is 11.7 Å². The van der Waals surface area contributed by atoms with Gasteiger partial charge in [-0.05, 0) is 18.8 Å². The van der Waals surface area contributed by atoms with E-state index in [0.29, 0.717) is 17.9 Å². The predicted molar refractivity (Wildman–Crippen MR) is 89.3 cm³/mol. The van der Waals surface area contributed by atoms with Crippen molar-refractivity contribution in [1.82, 2.24) is 19.5 Å². The van der Waals surface area contributed by atoms with Crippen LogP contribution in [0.3, 0.4) is 0 Å². The van der Waals surface area contributed by atoms with Gasteiger partial charge in [0.05, 0.1) is 12.1 Å². The molecule has 0 spiro atoms. The van der Waals surface area contributed by atoms with E-state index in [9.17, 15) is 19.5 Å². The largest absolute Gasteiger partial charge is 0.494 e. The third kappa shape index (κ3) is 3.35. The summed E-state index contributed by atoms with van der Waals surface area (Å²) in [5.74, 6) is -1.44. The Morgan fingerprint density at radius 2 is 2.12 bits per heavy atom. The van der Waals surface area contributed by atoms with Gasteiger partial charge in [-0.1, -0.05) is 13.8 Å². The Morgan fingerprint density at radius 1 is 1.44 bits per heavy atom. The fourth-order valence-corrected chi connectivity index (χ4v) is 2.70. The molecule has 3 rings (SSSR count). The van der Waals surface area contributed by atoms with Crippen molar-refractivity contribution < 1.29 is 14.7 Å². The molecule has 0 atom stereocenters. The van der Waals surface area contributed by atoms with Gasteiger partial charge in [-0.25, -0.2) is 0 Å². The van der Waals surface area contributed by atoms with E-state index in [-0.39, 0.29) is 23.9 Å². The van der Waals surface area contributed by atoms with E-state index >= 15 is 0 Å². The van der Waals surface area contributed by atoms with Crippen molar-refractivity contribution in [3.05, 3.63) is 27.7 Å². The molecule has 2 heterocycles. The van der Waals surface area contributed by atoms with Gasteiger partial charge in [-0.2, -0.15) is 9.61 Å². The maximum atomic E-state index is 12.7. The van der Waals surface area contributed by atoms with Gasteiger partial charge in [0.1, 0.15) is 5.65 Å². The first-order valence-corrected chi connectivity index (χ1v) is 8.21. The first-order chi connectivity index (χ1) is 11.8. The highest BCUT2D eigenvalue weighted by Gasteiger charge is 2.29. The van der Waals surface area contributed by atoms with Crippen LogP contribution in [0.15, 0.2) is 10.9 Å². The number of fused-ring (bicyclic) bond motifs is 1. The molecule has 0 radical (unpaired) electrons. The van der Waals surface area contributed by atoms with Crippen LogP contribution >= 0.6 is 0 Å². The Bertz CT molecular complexity index is 907. The highest BCUT2D eigenvalue weighted by atomic mass is 16.3. The number of aromatic nitrogens is 3. The zero-order valence-corrected chi connectivity index (χ0v) is 14.2. The van der Waals surface area contributed by atoms with Crippen LogP contribution in [0.4, 0.5) is 0 Å². The number of nitrogens with two attached hydrogens (primary N) is 1. The summed E-state index contributed by atoms with van der Waals surface area (Å²) in [7, 11) is 0. The van der Waals surface area contributed by atoms with Crippen LogP contribution < -0.4 is 16.6 Å². The lowest BCUT2D eigenvalue weighted by molar-refractivity contribution is -0.117. The molecule has 0 unspecified atom stereocenters. The van der Waals surface area contributed by atoms with E-state index in [1.165, 1.54) is 10.6 Å². The van der Waals surface area contributed by atoms with Crippen LogP contribution in [-0.4, -0.2) is 37.1 Å². The monoisotopic (exact) mass is 347 g/mol. The fraction of sp³-hybridized carbons (Fsp3) is 0.500. The SMILES string of the molecule is CC(C)Cn1c(O)c(C(=O)NC2CC2)c(=O)n2nc(CC(N)=O)cc12. The molecule has 25 heavy (non-hydrogen) atoms. The molecule has 9 heteroatoms. The number of carbonyl (C=O) groups excluding carboxylic acids is 2. The number of hydrogen-bond acceptors (Lipinski definition) is 5. The molecule has 4 N–H and O–H groups in total. The number of aromatic hydroxyl groups is 1. The van der Waals surface area contributed by atoms with Crippen LogP contribution in [0.1, 0.15) is 42.7 Å². The maximum absolute atomic E-state index is 12.7. The number of nitrogens with zero attached hydrogens (tertiary/aromatic N) is 3. The molecule has 1 fully saturated rings. The van der Waals surface area contributed by atoms with E-state index < -0.39 is 23.3 Å². The standard InChI is InChI=1S/C16H21N5O4/c1-8(2)7-20-12-6-10(5-11(17)22)19-21(12)16(25)13(15(20)24)14(23)18-9-3-4-9/h6,8-9,24H,3-5,7H2,1-2H3,(H2,17,22)(H,18,23). The second-order valence-corrected chi connectivity index (χ2v) is 6.80. The summed E-state index contributed by atoms with van der Waals surface area (Å²) in [6, 6.07) is 1.57. The second kappa shape index (κ2) is 6.23. The molecule has 2 aromatic heterocycles. The Labute approximate surface area is 143 Å². The zero-order valence-electron chi connectivity index (χ0n) is 14.2. The molecule has 9 nitrogen and oxygen atoms in total. The molecule has 0 aromatic carbocycles. The molecule has 2 amide bonds. The predicted octanol–water partition coefficient (Wildman–Crippen LogP) is -0.222. The third-order valence-corrected chi connectivity index (χ3v) is 3.95. The molecular weight excluding hydrogens is 326 g/mol. The summed E-state index contributed by atoms with van der Waals surface area (Å²) in [5, 5.41) is 17.4. The first-order valence-electron chi connectivity index (χ1n) is 8.21. The van der Waals surface area contributed by atoms with Crippen LogP contribution in [0.2, 0.25) is 0 Å². The van der Waals surface area contributed by atoms with E-state index in [1.807, 2.05) is 13.8 Å². The molecule has 0 bridgehead atoms. The molecule has 0 saturated heterocycles. The molecule has 0 aliphatic heterocycles. The average Bonchev–Trinajstić information content (AvgIpc) is 3.20. The molecule has 1 aliphatic carbocycles. The summed E-state index contributed by atoms with van der Waals surface area (Å²) in [6.07, 6.45) is 1.59. The van der Waals surface area contributed by atoms with Gasteiger partial charge in [-0.15, -0.1) is 0 Å². The molecular formula is C16H21N5O4. The minimum atomic E-state index is -0.721. The smallest absolute Gasteiger partial charge is 0.291 e. The summed E-state index contributed by atoms with van der Waals surface area (Å²) in [5.41, 5.74) is 4.75. The Morgan fingerprint density at radius 3 is 2.68 bits per heavy atom. The summed E-state index contributed by atoms with van der Waals surface area (Å²) >= 11 is 0. The van der Waals surface area contributed by atoms with Crippen LogP contribution in [0, 0.1) is 5.92 Å². The quantitative estimate of drug-likeness (QED) is 0.664. The van der Waals surface area contributed by atoms with Crippen LogP contribution in [0.25, 0.3) is 5.65 Å². The van der Waals surface area contributed by atoms with Crippen molar-refractivity contribution in [2.75, 3.05) is 0 Å². The Hall–Kier alpha value is -2.84. The topological polar surface area (TPSA) is 132 Å². The highest BCUT2D eigenvalue weighted by molar-refractivity contribution is 5.96. The lowest BCUT2D eigenvalue weighted by Crippen LogP contribution is -2.34. The minimum absolute atomic E-state index is 0.0450. The van der Waals surface area contributed by atoms with Crippen LogP contribution in [0.5, 0.6) is 5.88 Å². The molecule has 2 aromatic rings. The maximum Gasteiger partial charge on any atom is 0.291 e. The van der Waals surface area contributed by atoms with Crippen molar-refractivity contribution in [3.63, 3.8) is 0 Å². The van der Waals surface area contributed by atoms with E-state index in [1.54, 1.807) is 0 Å². The number of rotatable bonds is 6.